The molecule has 0 fully saturated rings. The van der Waals surface area contributed by atoms with Crippen LogP contribution >= 0.6 is 15.9 Å². The average Bonchev–Trinajstić information content (AvgIpc) is 2.75. The summed E-state index contributed by atoms with van der Waals surface area (Å²) in [6.45, 7) is 3.66. The van der Waals surface area contributed by atoms with Crippen LogP contribution in [0, 0.1) is 6.92 Å². The molecule has 0 aliphatic heterocycles. The highest BCUT2D eigenvalue weighted by atomic mass is 79.9. The van der Waals surface area contributed by atoms with E-state index in [4.69, 9.17) is 9.47 Å². The van der Waals surface area contributed by atoms with Crippen LogP contribution in [0.15, 0.2) is 51.7 Å². The molecule has 1 N–H and O–H groups in total. The number of aromatic nitrogens is 1. The summed E-state index contributed by atoms with van der Waals surface area (Å²) >= 11 is 3.34. The van der Waals surface area contributed by atoms with Crippen molar-refractivity contribution in [3.8, 4) is 5.75 Å². The Bertz CT molecular complexity index is 1190. The fourth-order valence-corrected chi connectivity index (χ4v) is 3.58. The van der Waals surface area contributed by atoms with Crippen LogP contribution in [0.25, 0.3) is 10.9 Å². The number of methoxy groups -OCH3 is 1. The van der Waals surface area contributed by atoms with Crippen molar-refractivity contribution >= 4 is 44.4 Å². The van der Waals surface area contributed by atoms with Crippen molar-refractivity contribution in [1.82, 2.24) is 4.57 Å². The highest BCUT2D eigenvalue weighted by molar-refractivity contribution is 9.10. The molecule has 0 aliphatic carbocycles. The highest BCUT2D eigenvalue weighted by Gasteiger charge is 2.17. The third kappa shape index (κ3) is 4.23. The molecule has 2 aromatic carbocycles. The zero-order valence-corrected chi connectivity index (χ0v) is 18.4. The number of carbonyl (C=O) groups excluding carboxylic acids is 2. The van der Waals surface area contributed by atoms with E-state index in [1.165, 1.54) is 7.11 Å². The van der Waals surface area contributed by atoms with Gasteiger partial charge in [-0.25, -0.2) is 4.79 Å². The van der Waals surface area contributed by atoms with Crippen LogP contribution < -0.4 is 15.5 Å². The topological polar surface area (TPSA) is 86.6 Å². The Morgan fingerprint density at radius 3 is 2.60 bits per heavy atom. The monoisotopic (exact) mass is 472 g/mol. The van der Waals surface area contributed by atoms with Crippen molar-refractivity contribution in [2.45, 2.75) is 20.4 Å². The van der Waals surface area contributed by atoms with E-state index in [-0.39, 0.29) is 30.1 Å². The van der Waals surface area contributed by atoms with Crippen LogP contribution in [0.4, 0.5) is 5.69 Å². The van der Waals surface area contributed by atoms with Gasteiger partial charge in [0.2, 0.25) is 11.3 Å². The molecule has 30 heavy (non-hydrogen) atoms. The number of hydrogen-bond donors (Lipinski definition) is 1. The summed E-state index contributed by atoms with van der Waals surface area (Å²) in [5.74, 6) is -0.300. The molecule has 3 rings (SSSR count). The summed E-state index contributed by atoms with van der Waals surface area (Å²) in [4.78, 5) is 37.6. The summed E-state index contributed by atoms with van der Waals surface area (Å²) in [6, 6.07) is 11.8. The number of rotatable bonds is 6. The predicted molar refractivity (Wildman–Crippen MR) is 118 cm³/mol. The zero-order valence-electron chi connectivity index (χ0n) is 16.8. The van der Waals surface area contributed by atoms with E-state index in [0.717, 1.165) is 0 Å². The first-order valence-corrected chi connectivity index (χ1v) is 10.1. The van der Waals surface area contributed by atoms with Crippen LogP contribution in [0.1, 0.15) is 23.0 Å². The molecule has 0 atom stereocenters. The second-order valence-corrected chi connectivity index (χ2v) is 7.30. The Hall–Kier alpha value is -3.13. The first-order chi connectivity index (χ1) is 14.4. The molecule has 8 heteroatoms. The maximum absolute atomic E-state index is 12.8. The summed E-state index contributed by atoms with van der Waals surface area (Å²) in [5.41, 5.74) is 1.69. The second-order valence-electron chi connectivity index (χ2n) is 6.51. The predicted octanol–water partition coefficient (Wildman–Crippen LogP) is 3.90. The number of esters is 1. The van der Waals surface area contributed by atoms with Gasteiger partial charge in [0.25, 0.3) is 0 Å². The lowest BCUT2D eigenvalue weighted by Crippen LogP contribution is -2.24. The molecule has 1 heterocycles. The molecular weight excluding hydrogens is 452 g/mol. The Morgan fingerprint density at radius 2 is 1.90 bits per heavy atom. The van der Waals surface area contributed by atoms with Crippen molar-refractivity contribution < 1.29 is 19.1 Å². The maximum atomic E-state index is 12.8. The lowest BCUT2D eigenvalue weighted by Gasteiger charge is -2.17. The third-order valence-corrected chi connectivity index (χ3v) is 5.59. The standard InChI is InChI=1S/C22H21BrN2O5/c1-4-30-22(28)15-7-5-6-8-17(15)24-19(26)12-25-13(2)20(23)21(27)16-11-14(29-3)9-10-18(16)25/h5-11H,4,12H2,1-3H3,(H,24,26). The molecular formula is C22H21BrN2O5. The van der Waals surface area contributed by atoms with Crippen molar-refractivity contribution in [2.24, 2.45) is 0 Å². The van der Waals surface area contributed by atoms with Crippen molar-refractivity contribution in [1.29, 1.82) is 0 Å². The molecule has 0 bridgehead atoms. The molecule has 0 aliphatic rings. The van der Waals surface area contributed by atoms with E-state index in [0.29, 0.717) is 32.5 Å². The molecule has 0 saturated heterocycles. The first kappa shape index (κ1) is 21.6. The summed E-state index contributed by atoms with van der Waals surface area (Å²) < 4.78 is 12.4. The van der Waals surface area contributed by atoms with Gasteiger partial charge in [0.1, 0.15) is 12.3 Å². The number of benzene rings is 2. The largest absolute Gasteiger partial charge is 0.497 e. The summed E-state index contributed by atoms with van der Waals surface area (Å²) in [6.07, 6.45) is 0. The summed E-state index contributed by atoms with van der Waals surface area (Å²) in [5, 5.41) is 3.20. The fraction of sp³-hybridized carbons (Fsp3) is 0.227. The van der Waals surface area contributed by atoms with Gasteiger partial charge in [-0.1, -0.05) is 12.1 Å². The van der Waals surface area contributed by atoms with Gasteiger partial charge in [0.05, 0.1) is 40.3 Å². The van der Waals surface area contributed by atoms with E-state index < -0.39 is 5.97 Å². The number of hydrogen-bond acceptors (Lipinski definition) is 5. The fourth-order valence-electron chi connectivity index (χ4n) is 3.16. The van der Waals surface area contributed by atoms with Gasteiger partial charge in [0.15, 0.2) is 0 Å². The van der Waals surface area contributed by atoms with E-state index in [1.807, 2.05) is 0 Å². The Labute approximate surface area is 181 Å². The Morgan fingerprint density at radius 1 is 1.17 bits per heavy atom. The Kier molecular flexibility index (Phi) is 6.56. The maximum Gasteiger partial charge on any atom is 0.340 e. The minimum Gasteiger partial charge on any atom is -0.497 e. The van der Waals surface area contributed by atoms with Crippen LogP contribution in [0.5, 0.6) is 5.75 Å². The number of nitrogens with one attached hydrogen (secondary N) is 1. The highest BCUT2D eigenvalue weighted by Crippen LogP contribution is 2.24. The van der Waals surface area contributed by atoms with Crippen molar-refractivity contribution in [2.75, 3.05) is 19.0 Å². The van der Waals surface area contributed by atoms with E-state index in [2.05, 4.69) is 21.2 Å². The number of para-hydroxylation sites is 1. The van der Waals surface area contributed by atoms with E-state index in [1.54, 1.807) is 60.9 Å². The molecule has 1 amide bonds. The Balaban J connectivity index is 1.97. The summed E-state index contributed by atoms with van der Waals surface area (Å²) in [7, 11) is 1.53. The number of pyridine rings is 1. The van der Waals surface area contributed by atoms with Gasteiger partial charge in [-0.05, 0) is 60.1 Å². The molecule has 1 aromatic heterocycles. The SMILES string of the molecule is CCOC(=O)c1ccccc1NC(=O)Cn1c(C)c(Br)c(=O)c2cc(OC)ccc21. The first-order valence-electron chi connectivity index (χ1n) is 9.30. The van der Waals surface area contributed by atoms with Crippen LogP contribution in [0.2, 0.25) is 0 Å². The van der Waals surface area contributed by atoms with Gasteiger partial charge in [-0.15, -0.1) is 0 Å². The lowest BCUT2D eigenvalue weighted by molar-refractivity contribution is -0.116. The average molecular weight is 473 g/mol. The van der Waals surface area contributed by atoms with Gasteiger partial charge < -0.3 is 19.4 Å². The van der Waals surface area contributed by atoms with Crippen LogP contribution in [-0.4, -0.2) is 30.2 Å². The number of carbonyl (C=O) groups is 2. The molecule has 0 spiro atoms. The smallest absolute Gasteiger partial charge is 0.340 e. The third-order valence-electron chi connectivity index (χ3n) is 4.66. The minimum absolute atomic E-state index is 0.0509. The molecule has 7 nitrogen and oxygen atoms in total. The number of ether oxygens (including phenoxy) is 2. The number of fused-ring (bicyclic) bond motifs is 1. The van der Waals surface area contributed by atoms with Crippen LogP contribution in [0.3, 0.4) is 0 Å². The molecule has 0 radical (unpaired) electrons. The molecule has 3 aromatic rings. The minimum atomic E-state index is -0.506. The van der Waals surface area contributed by atoms with Gasteiger partial charge in [-0.3, -0.25) is 9.59 Å². The number of anilines is 1. The number of halogens is 1. The molecule has 156 valence electrons. The van der Waals surface area contributed by atoms with Gasteiger partial charge >= 0.3 is 5.97 Å². The quantitative estimate of drug-likeness (QED) is 0.549. The molecule has 0 unspecified atom stereocenters. The second kappa shape index (κ2) is 9.13. The normalized spacial score (nSPS) is 10.7. The molecule has 0 saturated carbocycles. The van der Waals surface area contributed by atoms with Crippen molar-refractivity contribution in [3.63, 3.8) is 0 Å². The number of amides is 1. The van der Waals surface area contributed by atoms with Crippen molar-refractivity contribution in [3.05, 3.63) is 68.4 Å². The van der Waals surface area contributed by atoms with E-state index >= 15 is 0 Å². The van der Waals surface area contributed by atoms with Crippen LogP contribution in [-0.2, 0) is 16.1 Å². The number of nitrogens with zero attached hydrogens (tertiary/aromatic N) is 1. The van der Waals surface area contributed by atoms with Gasteiger partial charge in [0, 0.05) is 5.69 Å². The lowest BCUT2D eigenvalue weighted by atomic mass is 10.1. The zero-order chi connectivity index (χ0) is 21.8. The van der Waals surface area contributed by atoms with E-state index in [9.17, 15) is 14.4 Å². The van der Waals surface area contributed by atoms with Gasteiger partial charge in [-0.2, -0.15) is 0 Å².